The topological polar surface area (TPSA) is 96.9 Å². The maximum Gasteiger partial charge on any atom is 0.355 e. The van der Waals surface area contributed by atoms with Crippen molar-refractivity contribution in [1.29, 1.82) is 0 Å². The number of carbonyl (C=O) groups is 3. The number of fused-ring (bicyclic) bond motifs is 1. The quantitative estimate of drug-likeness (QED) is 0.113. The molecule has 3 aromatic carbocycles. The molecule has 7 nitrogen and oxygen atoms in total. The van der Waals surface area contributed by atoms with Gasteiger partial charge in [-0.15, -0.1) is 11.3 Å². The summed E-state index contributed by atoms with van der Waals surface area (Å²) in [5, 5.41) is 7.81. The average Bonchev–Trinajstić information content (AvgIpc) is 3.19. The molecule has 176 valence electrons. The van der Waals surface area contributed by atoms with Crippen molar-refractivity contribution in [1.82, 2.24) is 5.43 Å². The zero-order chi connectivity index (χ0) is 24.9. The van der Waals surface area contributed by atoms with E-state index in [-0.39, 0.29) is 10.6 Å². The first-order chi connectivity index (χ1) is 16.8. The van der Waals surface area contributed by atoms with E-state index >= 15 is 0 Å². The van der Waals surface area contributed by atoms with Crippen LogP contribution in [0.25, 0.3) is 10.1 Å². The second-order valence-electron chi connectivity index (χ2n) is 7.29. The molecule has 0 aliphatic rings. The predicted octanol–water partition coefficient (Wildman–Crippen LogP) is 5.82. The maximum absolute atomic E-state index is 12.8. The molecule has 0 saturated carbocycles. The standard InChI is InChI=1S/C25H17Cl2N3O4S/c1-14-10-11-16(12-18(14)26)29-23(31)24(32)30-28-13-15-6-2-4-8-19(15)34-25(33)22-21(27)17-7-3-5-9-20(17)35-22/h2-13H,1H3,(H,29,31)(H,30,32)/b28-13+. The number of esters is 1. The zero-order valence-electron chi connectivity index (χ0n) is 18.2. The maximum atomic E-state index is 12.8. The third-order valence-corrected chi connectivity index (χ3v) is 6.91. The summed E-state index contributed by atoms with van der Waals surface area (Å²) in [7, 11) is 0. The lowest BCUT2D eigenvalue weighted by Crippen LogP contribution is -2.32. The van der Waals surface area contributed by atoms with Crippen LogP contribution in [0.15, 0.2) is 71.8 Å². The van der Waals surface area contributed by atoms with Crippen LogP contribution in [0.2, 0.25) is 10.0 Å². The Bertz CT molecular complexity index is 1480. The lowest BCUT2D eigenvalue weighted by atomic mass is 10.2. The summed E-state index contributed by atoms with van der Waals surface area (Å²) in [6, 6.07) is 18.9. The molecule has 0 saturated heterocycles. The van der Waals surface area contributed by atoms with Crippen LogP contribution >= 0.6 is 34.5 Å². The van der Waals surface area contributed by atoms with E-state index in [1.807, 2.05) is 31.2 Å². The third kappa shape index (κ3) is 5.68. The van der Waals surface area contributed by atoms with Gasteiger partial charge in [0, 0.05) is 26.4 Å². The number of nitrogens with one attached hydrogen (secondary N) is 2. The van der Waals surface area contributed by atoms with Gasteiger partial charge in [0.15, 0.2) is 0 Å². The van der Waals surface area contributed by atoms with Crippen LogP contribution in [0.4, 0.5) is 5.69 Å². The molecule has 2 N–H and O–H groups in total. The monoisotopic (exact) mass is 525 g/mol. The minimum atomic E-state index is -0.982. The highest BCUT2D eigenvalue weighted by Gasteiger charge is 2.20. The number of anilines is 1. The minimum Gasteiger partial charge on any atom is -0.422 e. The Labute approximate surface area is 214 Å². The van der Waals surface area contributed by atoms with E-state index in [0.29, 0.717) is 21.3 Å². The molecule has 10 heteroatoms. The molecule has 35 heavy (non-hydrogen) atoms. The van der Waals surface area contributed by atoms with Gasteiger partial charge >= 0.3 is 17.8 Å². The van der Waals surface area contributed by atoms with Gasteiger partial charge in [0.05, 0.1) is 11.2 Å². The SMILES string of the molecule is Cc1ccc(NC(=O)C(=O)N/N=C/c2ccccc2OC(=O)c2sc3ccccc3c2Cl)cc1Cl. The molecular weight excluding hydrogens is 509 g/mol. The van der Waals surface area contributed by atoms with Gasteiger partial charge in [-0.1, -0.05) is 59.6 Å². The Morgan fingerprint density at radius 1 is 0.971 bits per heavy atom. The number of carbonyl (C=O) groups excluding carboxylic acids is 3. The summed E-state index contributed by atoms with van der Waals surface area (Å²) < 4.78 is 6.41. The molecule has 0 atom stereocenters. The zero-order valence-corrected chi connectivity index (χ0v) is 20.5. The van der Waals surface area contributed by atoms with Crippen LogP contribution in [-0.4, -0.2) is 24.0 Å². The number of thiophene rings is 1. The Morgan fingerprint density at radius 2 is 1.71 bits per heavy atom. The van der Waals surface area contributed by atoms with Crippen molar-refractivity contribution in [2.24, 2.45) is 5.10 Å². The number of benzene rings is 3. The lowest BCUT2D eigenvalue weighted by molar-refractivity contribution is -0.136. The van der Waals surface area contributed by atoms with Crippen molar-refractivity contribution in [2.75, 3.05) is 5.32 Å². The predicted molar refractivity (Wildman–Crippen MR) is 139 cm³/mol. The first kappa shape index (κ1) is 24.4. The molecule has 0 aliphatic carbocycles. The summed E-state index contributed by atoms with van der Waals surface area (Å²) in [5.74, 6) is -2.30. The molecule has 4 rings (SSSR count). The third-order valence-electron chi connectivity index (χ3n) is 4.85. The fourth-order valence-electron chi connectivity index (χ4n) is 3.04. The molecule has 0 unspecified atom stereocenters. The van der Waals surface area contributed by atoms with Crippen LogP contribution in [-0.2, 0) is 9.59 Å². The number of para-hydroxylation sites is 1. The summed E-state index contributed by atoms with van der Waals surface area (Å²) >= 11 is 13.6. The Hall–Kier alpha value is -3.72. The molecule has 0 bridgehead atoms. The number of nitrogens with zero attached hydrogens (tertiary/aromatic N) is 1. The van der Waals surface area contributed by atoms with E-state index in [1.54, 1.807) is 42.5 Å². The first-order valence-corrected chi connectivity index (χ1v) is 11.8. The van der Waals surface area contributed by atoms with E-state index in [4.69, 9.17) is 27.9 Å². The van der Waals surface area contributed by atoms with Crippen LogP contribution in [0.5, 0.6) is 5.75 Å². The molecule has 4 aromatic rings. The minimum absolute atomic E-state index is 0.211. The van der Waals surface area contributed by atoms with E-state index in [2.05, 4.69) is 15.8 Å². The number of hydrogen-bond acceptors (Lipinski definition) is 6. The second-order valence-corrected chi connectivity index (χ2v) is 9.12. The van der Waals surface area contributed by atoms with Gasteiger partial charge in [-0.3, -0.25) is 9.59 Å². The summed E-state index contributed by atoms with van der Waals surface area (Å²) in [6.07, 6.45) is 1.27. The van der Waals surface area contributed by atoms with Crippen LogP contribution in [0.3, 0.4) is 0 Å². The van der Waals surface area contributed by atoms with Crippen LogP contribution in [0, 0.1) is 6.92 Å². The number of ether oxygens (including phenoxy) is 1. The number of hydrogen-bond donors (Lipinski definition) is 2. The van der Waals surface area contributed by atoms with Crippen LogP contribution in [0.1, 0.15) is 20.8 Å². The highest BCUT2D eigenvalue weighted by Crippen LogP contribution is 2.36. The first-order valence-electron chi connectivity index (χ1n) is 10.2. The van der Waals surface area contributed by atoms with Crippen molar-refractivity contribution in [3.63, 3.8) is 0 Å². The van der Waals surface area contributed by atoms with Crippen molar-refractivity contribution >= 4 is 74.3 Å². The van der Waals surface area contributed by atoms with Crippen LogP contribution < -0.4 is 15.5 Å². The van der Waals surface area contributed by atoms with E-state index in [9.17, 15) is 14.4 Å². The lowest BCUT2D eigenvalue weighted by Gasteiger charge is -2.07. The molecule has 0 spiro atoms. The number of aryl methyl sites for hydroxylation is 1. The number of amides is 2. The van der Waals surface area contributed by atoms with E-state index in [0.717, 1.165) is 15.6 Å². The van der Waals surface area contributed by atoms with Gasteiger partial charge in [-0.25, -0.2) is 10.2 Å². The van der Waals surface area contributed by atoms with Gasteiger partial charge in [-0.2, -0.15) is 5.10 Å². The number of rotatable bonds is 5. The molecular formula is C25H17Cl2N3O4S. The van der Waals surface area contributed by atoms with Gasteiger partial charge < -0.3 is 10.1 Å². The highest BCUT2D eigenvalue weighted by molar-refractivity contribution is 7.21. The van der Waals surface area contributed by atoms with E-state index < -0.39 is 17.8 Å². The van der Waals surface area contributed by atoms with Gasteiger partial charge in [0.1, 0.15) is 10.6 Å². The van der Waals surface area contributed by atoms with Gasteiger partial charge in [0.2, 0.25) is 0 Å². The summed E-state index contributed by atoms with van der Waals surface area (Å²) in [6.45, 7) is 1.82. The van der Waals surface area contributed by atoms with Gasteiger partial charge in [0.25, 0.3) is 0 Å². The second kappa shape index (κ2) is 10.7. The molecule has 0 fully saturated rings. The normalized spacial score (nSPS) is 10.9. The number of halogens is 2. The summed E-state index contributed by atoms with van der Waals surface area (Å²) in [4.78, 5) is 37.2. The largest absolute Gasteiger partial charge is 0.422 e. The molecule has 0 aliphatic heterocycles. The molecule has 0 radical (unpaired) electrons. The number of hydrazone groups is 1. The van der Waals surface area contributed by atoms with Crippen molar-refractivity contribution in [2.45, 2.75) is 6.92 Å². The smallest absolute Gasteiger partial charge is 0.355 e. The van der Waals surface area contributed by atoms with Crippen molar-refractivity contribution in [3.8, 4) is 5.75 Å². The molecule has 1 aromatic heterocycles. The average molecular weight is 526 g/mol. The molecule has 2 amide bonds. The van der Waals surface area contributed by atoms with Crippen molar-refractivity contribution < 1.29 is 19.1 Å². The van der Waals surface area contributed by atoms with Gasteiger partial charge in [-0.05, 0) is 42.8 Å². The molecule has 1 heterocycles. The fraction of sp³-hybridized carbons (Fsp3) is 0.0400. The van der Waals surface area contributed by atoms with E-state index in [1.165, 1.54) is 17.6 Å². The summed E-state index contributed by atoms with van der Waals surface area (Å²) in [5.41, 5.74) is 3.77. The fourth-order valence-corrected chi connectivity index (χ4v) is 4.61. The van der Waals surface area contributed by atoms with Crippen molar-refractivity contribution in [3.05, 3.63) is 92.8 Å². The Morgan fingerprint density at radius 3 is 2.49 bits per heavy atom. The highest BCUT2D eigenvalue weighted by atomic mass is 35.5. The Kier molecular flexibility index (Phi) is 7.45. The Balaban J connectivity index is 1.42.